The molecule has 1 aromatic carbocycles. The summed E-state index contributed by atoms with van der Waals surface area (Å²) in [5.41, 5.74) is 16.2. The molecule has 0 aliphatic carbocycles. The summed E-state index contributed by atoms with van der Waals surface area (Å²) < 4.78 is 32.1. The summed E-state index contributed by atoms with van der Waals surface area (Å²) in [6.07, 6.45) is 0. The highest BCUT2D eigenvalue weighted by molar-refractivity contribution is 7.85. The Kier molecular flexibility index (Phi) is 6.24. The van der Waals surface area contributed by atoms with Crippen LogP contribution in [0.1, 0.15) is 5.56 Å². The van der Waals surface area contributed by atoms with Crippen molar-refractivity contribution in [2.45, 2.75) is 11.4 Å². The maximum Gasteiger partial charge on any atom is 0.294 e. The zero-order chi connectivity index (χ0) is 16.8. The molecule has 9 N–H and O–H groups in total. The summed E-state index contributed by atoms with van der Waals surface area (Å²) in [4.78, 5) is 6.99. The topological polar surface area (TPSA) is 189 Å². The Labute approximate surface area is 127 Å². The average molecular weight is 330 g/mol. The van der Waals surface area contributed by atoms with Crippen molar-refractivity contribution in [1.82, 2.24) is 5.32 Å². The maximum atomic E-state index is 11.4. The van der Waals surface area contributed by atoms with Crippen molar-refractivity contribution in [2.75, 3.05) is 13.2 Å². The normalized spacial score (nSPS) is 12.2. The zero-order valence-electron chi connectivity index (χ0n) is 11.6. The van der Waals surface area contributed by atoms with Gasteiger partial charge in [0.2, 0.25) is 5.96 Å². The van der Waals surface area contributed by atoms with Gasteiger partial charge in [0.15, 0.2) is 5.96 Å². The number of nitrogens with one attached hydrogen (secondary N) is 1. The molecule has 0 fully saturated rings. The number of nitrogens with zero attached hydrogens (tertiary/aromatic N) is 2. The van der Waals surface area contributed by atoms with Crippen molar-refractivity contribution in [3.63, 3.8) is 0 Å². The first kappa shape index (κ1) is 17.8. The van der Waals surface area contributed by atoms with Crippen LogP contribution in [-0.4, -0.2) is 43.1 Å². The van der Waals surface area contributed by atoms with Crippen LogP contribution in [0.5, 0.6) is 0 Å². The second kappa shape index (κ2) is 7.70. The third-order valence-corrected chi connectivity index (χ3v) is 3.36. The molecule has 0 aliphatic rings. The molecule has 0 heterocycles. The van der Waals surface area contributed by atoms with Crippen LogP contribution in [0.3, 0.4) is 0 Å². The van der Waals surface area contributed by atoms with Gasteiger partial charge in [-0.25, -0.2) is 4.99 Å². The number of nitrogens with two attached hydrogens (primary N) is 3. The molecule has 0 radical (unpaired) electrons. The van der Waals surface area contributed by atoms with E-state index >= 15 is 0 Å². The van der Waals surface area contributed by atoms with Gasteiger partial charge in [-0.1, -0.05) is 6.07 Å². The number of benzene rings is 1. The van der Waals surface area contributed by atoms with Gasteiger partial charge in [-0.2, -0.15) is 13.4 Å². The van der Waals surface area contributed by atoms with Gasteiger partial charge in [0.1, 0.15) is 4.90 Å². The van der Waals surface area contributed by atoms with Gasteiger partial charge in [0, 0.05) is 13.1 Å². The summed E-state index contributed by atoms with van der Waals surface area (Å²) >= 11 is 0. The molecule has 10 nitrogen and oxygen atoms in total. The van der Waals surface area contributed by atoms with Crippen molar-refractivity contribution in [3.8, 4) is 0 Å². The predicted molar refractivity (Wildman–Crippen MR) is 82.1 cm³/mol. The Bertz CT molecular complexity index is 682. The van der Waals surface area contributed by atoms with Gasteiger partial charge in [-0.05, 0) is 17.7 Å². The van der Waals surface area contributed by atoms with E-state index in [4.69, 9.17) is 22.3 Å². The fourth-order valence-electron chi connectivity index (χ4n) is 1.59. The largest absolute Gasteiger partial charge is 0.395 e. The molecule has 0 amide bonds. The summed E-state index contributed by atoms with van der Waals surface area (Å²) in [6, 6.07) is 4.08. The number of hydrogen-bond donors (Lipinski definition) is 6. The van der Waals surface area contributed by atoms with E-state index in [1.165, 1.54) is 12.1 Å². The third kappa shape index (κ3) is 5.65. The minimum atomic E-state index is -4.45. The lowest BCUT2D eigenvalue weighted by molar-refractivity contribution is 0.292. The molecule has 0 bridgehead atoms. The first-order valence-corrected chi connectivity index (χ1v) is 7.54. The molecule has 11 heteroatoms. The van der Waals surface area contributed by atoms with Crippen LogP contribution in [0.2, 0.25) is 0 Å². The van der Waals surface area contributed by atoms with E-state index in [0.29, 0.717) is 5.56 Å². The minimum Gasteiger partial charge on any atom is -0.395 e. The van der Waals surface area contributed by atoms with E-state index in [1.807, 2.05) is 0 Å². The highest BCUT2D eigenvalue weighted by Gasteiger charge is 2.16. The summed E-state index contributed by atoms with van der Waals surface area (Å²) in [5, 5.41) is 11.5. The van der Waals surface area contributed by atoms with Crippen LogP contribution in [0, 0.1) is 0 Å². The Balaban J connectivity index is 3.18. The monoisotopic (exact) mass is 330 g/mol. The van der Waals surface area contributed by atoms with Crippen LogP contribution in [0.15, 0.2) is 33.1 Å². The number of rotatable bonds is 6. The van der Waals surface area contributed by atoms with Crippen LogP contribution in [-0.2, 0) is 16.7 Å². The quantitative estimate of drug-likeness (QED) is 0.153. The summed E-state index contributed by atoms with van der Waals surface area (Å²) in [5.74, 6) is -0.548. The first-order chi connectivity index (χ1) is 10.2. The van der Waals surface area contributed by atoms with Gasteiger partial charge in [0.05, 0.1) is 12.3 Å². The first-order valence-electron chi connectivity index (χ1n) is 6.10. The molecule has 1 aromatic rings. The van der Waals surface area contributed by atoms with Crippen LogP contribution in [0.4, 0.5) is 5.69 Å². The molecular weight excluding hydrogens is 312 g/mol. The smallest absolute Gasteiger partial charge is 0.294 e. The van der Waals surface area contributed by atoms with Crippen LogP contribution >= 0.6 is 0 Å². The van der Waals surface area contributed by atoms with Crippen molar-refractivity contribution in [2.24, 2.45) is 27.2 Å². The van der Waals surface area contributed by atoms with Gasteiger partial charge >= 0.3 is 0 Å². The van der Waals surface area contributed by atoms with Gasteiger partial charge in [0.25, 0.3) is 10.1 Å². The number of guanidine groups is 2. The Hall–Kier alpha value is -2.21. The van der Waals surface area contributed by atoms with Crippen molar-refractivity contribution in [1.29, 1.82) is 0 Å². The summed E-state index contributed by atoms with van der Waals surface area (Å²) in [6.45, 7) is 0.323. The predicted octanol–water partition coefficient (Wildman–Crippen LogP) is -1.77. The van der Waals surface area contributed by atoms with Gasteiger partial charge in [-0.15, -0.1) is 0 Å². The lowest BCUT2D eigenvalue weighted by Crippen LogP contribution is -2.26. The third-order valence-electron chi connectivity index (χ3n) is 2.42. The molecular formula is C11H18N6O4S. The van der Waals surface area contributed by atoms with Crippen molar-refractivity contribution < 1.29 is 18.1 Å². The second-order valence-corrected chi connectivity index (χ2v) is 5.56. The standard InChI is InChI=1S/C11H18N6O4S/c12-10(13)17-11(14)16-8-2-1-7(6-15-3-4-18)9(5-8)22(19,20)21/h1-2,5,15,18H,3-4,6H2,(H,19,20,21)(H6,12,13,14,16,17). The molecule has 122 valence electrons. The van der Waals surface area contributed by atoms with E-state index in [0.717, 1.165) is 6.07 Å². The number of aliphatic hydroxyl groups excluding tert-OH is 1. The summed E-state index contributed by atoms with van der Waals surface area (Å²) in [7, 11) is -4.45. The average Bonchev–Trinajstić information content (AvgIpc) is 2.38. The highest BCUT2D eigenvalue weighted by Crippen LogP contribution is 2.22. The van der Waals surface area contributed by atoms with E-state index < -0.39 is 10.1 Å². The molecule has 0 atom stereocenters. The lowest BCUT2D eigenvalue weighted by Gasteiger charge is -2.09. The molecule has 22 heavy (non-hydrogen) atoms. The van der Waals surface area contributed by atoms with Gasteiger partial charge in [-0.3, -0.25) is 4.55 Å². The number of aliphatic imine (C=N–C) groups is 2. The Morgan fingerprint density at radius 2 is 1.95 bits per heavy atom. The molecule has 0 saturated heterocycles. The minimum absolute atomic E-state index is 0.0986. The number of aliphatic hydroxyl groups is 1. The molecule has 0 aromatic heterocycles. The molecule has 0 spiro atoms. The van der Waals surface area contributed by atoms with Gasteiger partial charge < -0.3 is 27.6 Å². The van der Waals surface area contributed by atoms with Crippen LogP contribution in [0.25, 0.3) is 0 Å². The van der Waals surface area contributed by atoms with Crippen molar-refractivity contribution >= 4 is 27.7 Å². The molecule has 0 aliphatic heterocycles. The van der Waals surface area contributed by atoms with E-state index in [2.05, 4.69) is 15.3 Å². The fraction of sp³-hybridized carbons (Fsp3) is 0.273. The maximum absolute atomic E-state index is 11.4. The fourth-order valence-corrected chi connectivity index (χ4v) is 2.33. The SMILES string of the molecule is NC(N)=NC(N)=Nc1ccc(CNCCO)c(S(=O)(=O)O)c1. The number of hydrogen-bond acceptors (Lipinski definition) is 5. The van der Waals surface area contributed by atoms with E-state index in [9.17, 15) is 13.0 Å². The Morgan fingerprint density at radius 1 is 1.27 bits per heavy atom. The molecule has 1 rings (SSSR count). The van der Waals surface area contributed by atoms with Crippen LogP contribution < -0.4 is 22.5 Å². The lowest BCUT2D eigenvalue weighted by atomic mass is 10.2. The molecule has 0 saturated carbocycles. The zero-order valence-corrected chi connectivity index (χ0v) is 12.4. The van der Waals surface area contributed by atoms with Crippen molar-refractivity contribution in [3.05, 3.63) is 23.8 Å². The highest BCUT2D eigenvalue weighted by atomic mass is 32.2. The van der Waals surface area contributed by atoms with E-state index in [1.54, 1.807) is 0 Å². The van der Waals surface area contributed by atoms with E-state index in [-0.39, 0.29) is 42.2 Å². The Morgan fingerprint density at radius 3 is 2.50 bits per heavy atom. The second-order valence-electron chi connectivity index (χ2n) is 4.17. The molecule has 0 unspecified atom stereocenters.